The van der Waals surface area contributed by atoms with Crippen LogP contribution >= 0.6 is 0 Å². The summed E-state index contributed by atoms with van der Waals surface area (Å²) in [7, 11) is 0. The number of amides is 2. The maximum absolute atomic E-state index is 12.6. The third-order valence-corrected chi connectivity index (χ3v) is 6.04. The number of likely N-dealkylation sites (tertiary alicyclic amines) is 1. The Kier molecular flexibility index (Phi) is 6.35. The highest BCUT2D eigenvalue weighted by atomic mass is 16.5. The van der Waals surface area contributed by atoms with E-state index in [0.717, 1.165) is 63.4 Å². The molecule has 2 aromatic rings. The van der Waals surface area contributed by atoms with Crippen molar-refractivity contribution in [3.05, 3.63) is 59.7 Å². The van der Waals surface area contributed by atoms with Gasteiger partial charge in [-0.25, -0.2) is 4.79 Å². The van der Waals surface area contributed by atoms with Crippen LogP contribution in [0.15, 0.2) is 48.5 Å². The van der Waals surface area contributed by atoms with Gasteiger partial charge < -0.3 is 15.0 Å². The molecule has 2 aliphatic heterocycles. The third kappa shape index (κ3) is 5.10. The fourth-order valence-electron chi connectivity index (χ4n) is 4.40. The summed E-state index contributed by atoms with van der Waals surface area (Å²) in [6.45, 7) is 7.62. The Morgan fingerprint density at radius 1 is 1.03 bits per heavy atom. The molecule has 0 radical (unpaired) electrons. The third-order valence-electron chi connectivity index (χ3n) is 6.04. The summed E-state index contributed by atoms with van der Waals surface area (Å²) in [5.41, 5.74) is 3.79. The van der Waals surface area contributed by atoms with Gasteiger partial charge in [0.15, 0.2) is 0 Å². The van der Waals surface area contributed by atoms with Crippen LogP contribution in [0.1, 0.15) is 30.9 Å². The smallest absolute Gasteiger partial charge is 0.321 e. The van der Waals surface area contributed by atoms with E-state index in [1.807, 2.05) is 36.1 Å². The summed E-state index contributed by atoms with van der Waals surface area (Å²) >= 11 is 0. The molecule has 29 heavy (non-hydrogen) atoms. The van der Waals surface area contributed by atoms with Crippen molar-refractivity contribution in [3.8, 4) is 5.75 Å². The Morgan fingerprint density at radius 2 is 1.76 bits per heavy atom. The number of nitrogens with one attached hydrogen (secondary N) is 1. The second-order valence-electron chi connectivity index (χ2n) is 8.07. The highest BCUT2D eigenvalue weighted by Crippen LogP contribution is 2.24. The fourth-order valence-corrected chi connectivity index (χ4v) is 4.40. The molecule has 154 valence electrons. The van der Waals surface area contributed by atoms with Crippen LogP contribution in [0, 0.1) is 5.92 Å². The molecule has 2 aliphatic rings. The van der Waals surface area contributed by atoms with Gasteiger partial charge in [-0.15, -0.1) is 0 Å². The van der Waals surface area contributed by atoms with E-state index in [0.29, 0.717) is 12.5 Å². The SMILES string of the molecule is CCOc1ccc(NC(=O)N2CCC(CN3CCc4ccccc4C3)CC2)cc1. The maximum Gasteiger partial charge on any atom is 0.321 e. The lowest BCUT2D eigenvalue weighted by Crippen LogP contribution is -2.44. The van der Waals surface area contributed by atoms with Crippen LogP contribution in [-0.2, 0) is 13.0 Å². The van der Waals surface area contributed by atoms with E-state index in [4.69, 9.17) is 4.74 Å². The number of hydrogen-bond donors (Lipinski definition) is 1. The number of anilines is 1. The molecule has 1 N–H and O–H groups in total. The zero-order valence-electron chi connectivity index (χ0n) is 17.3. The van der Waals surface area contributed by atoms with Gasteiger partial charge in [0.25, 0.3) is 0 Å². The van der Waals surface area contributed by atoms with Crippen molar-refractivity contribution < 1.29 is 9.53 Å². The Hall–Kier alpha value is -2.53. The van der Waals surface area contributed by atoms with Gasteiger partial charge in [0.05, 0.1) is 6.61 Å². The lowest BCUT2D eigenvalue weighted by Gasteiger charge is -2.36. The predicted octanol–water partition coefficient (Wildman–Crippen LogP) is 4.39. The van der Waals surface area contributed by atoms with Gasteiger partial charge in [-0.05, 0) is 67.5 Å². The first-order chi connectivity index (χ1) is 14.2. The van der Waals surface area contributed by atoms with Crippen LogP contribution < -0.4 is 10.1 Å². The quantitative estimate of drug-likeness (QED) is 0.820. The molecule has 0 aliphatic carbocycles. The summed E-state index contributed by atoms with van der Waals surface area (Å²) in [5.74, 6) is 1.50. The standard InChI is InChI=1S/C24H31N3O2/c1-2-29-23-9-7-22(8-10-23)25-24(28)27-15-11-19(12-16-27)17-26-14-13-20-5-3-4-6-21(20)18-26/h3-10,19H,2,11-18H2,1H3,(H,25,28). The van der Waals surface area contributed by atoms with Crippen molar-refractivity contribution in [2.24, 2.45) is 5.92 Å². The molecule has 2 amide bonds. The van der Waals surface area contributed by atoms with Crippen LogP contribution in [0.25, 0.3) is 0 Å². The second kappa shape index (κ2) is 9.31. The molecule has 0 unspecified atom stereocenters. The fraction of sp³-hybridized carbons (Fsp3) is 0.458. The van der Waals surface area contributed by atoms with Gasteiger partial charge >= 0.3 is 6.03 Å². The molecular weight excluding hydrogens is 362 g/mol. The number of nitrogens with zero attached hydrogens (tertiary/aromatic N) is 2. The van der Waals surface area contributed by atoms with Crippen molar-refractivity contribution in [1.29, 1.82) is 0 Å². The van der Waals surface area contributed by atoms with E-state index in [2.05, 4.69) is 34.5 Å². The molecule has 0 aromatic heterocycles. The van der Waals surface area contributed by atoms with E-state index < -0.39 is 0 Å². The minimum absolute atomic E-state index is 0.000454. The monoisotopic (exact) mass is 393 g/mol. The molecule has 5 nitrogen and oxygen atoms in total. The molecule has 0 spiro atoms. The van der Waals surface area contributed by atoms with Gasteiger partial charge in [-0.3, -0.25) is 4.90 Å². The topological polar surface area (TPSA) is 44.8 Å². The first kappa shape index (κ1) is 19.8. The Morgan fingerprint density at radius 3 is 2.48 bits per heavy atom. The highest BCUT2D eigenvalue weighted by Gasteiger charge is 2.25. The van der Waals surface area contributed by atoms with Crippen LogP contribution in [0.2, 0.25) is 0 Å². The predicted molar refractivity (Wildman–Crippen MR) is 116 cm³/mol. The van der Waals surface area contributed by atoms with Crippen molar-refractivity contribution >= 4 is 11.7 Å². The molecular formula is C24H31N3O2. The van der Waals surface area contributed by atoms with Crippen molar-refractivity contribution in [2.75, 3.05) is 38.1 Å². The van der Waals surface area contributed by atoms with Crippen molar-refractivity contribution in [1.82, 2.24) is 9.80 Å². The molecule has 0 atom stereocenters. The van der Waals surface area contributed by atoms with Gasteiger partial charge in [-0.1, -0.05) is 24.3 Å². The van der Waals surface area contributed by atoms with Crippen molar-refractivity contribution in [2.45, 2.75) is 32.7 Å². The number of benzene rings is 2. The Labute approximate surface area is 173 Å². The Balaban J connectivity index is 1.22. The summed E-state index contributed by atoms with van der Waals surface area (Å²) in [5, 5.41) is 3.01. The number of urea groups is 1. The van der Waals surface area contributed by atoms with E-state index >= 15 is 0 Å². The minimum atomic E-state index is -0.000454. The normalized spacial score (nSPS) is 17.6. The number of ether oxygens (including phenoxy) is 1. The molecule has 5 heteroatoms. The molecule has 0 bridgehead atoms. The van der Waals surface area contributed by atoms with Gasteiger partial charge in [0.2, 0.25) is 0 Å². The second-order valence-corrected chi connectivity index (χ2v) is 8.07. The zero-order chi connectivity index (χ0) is 20.1. The number of hydrogen-bond acceptors (Lipinski definition) is 3. The van der Waals surface area contributed by atoms with Crippen LogP contribution in [0.5, 0.6) is 5.75 Å². The largest absolute Gasteiger partial charge is 0.494 e. The van der Waals surface area contributed by atoms with E-state index in [1.165, 1.54) is 11.1 Å². The van der Waals surface area contributed by atoms with Crippen LogP contribution in [-0.4, -0.2) is 48.6 Å². The first-order valence-corrected chi connectivity index (χ1v) is 10.8. The van der Waals surface area contributed by atoms with Gasteiger partial charge in [-0.2, -0.15) is 0 Å². The van der Waals surface area contributed by atoms with Crippen molar-refractivity contribution in [3.63, 3.8) is 0 Å². The van der Waals surface area contributed by atoms with E-state index in [9.17, 15) is 4.79 Å². The number of rotatable bonds is 5. The summed E-state index contributed by atoms with van der Waals surface area (Å²) in [4.78, 5) is 17.1. The maximum atomic E-state index is 12.6. The minimum Gasteiger partial charge on any atom is -0.494 e. The molecule has 1 saturated heterocycles. The average Bonchev–Trinajstić information content (AvgIpc) is 2.76. The summed E-state index contributed by atoms with van der Waals surface area (Å²) in [6.07, 6.45) is 3.31. The highest BCUT2D eigenvalue weighted by molar-refractivity contribution is 5.89. The molecule has 0 saturated carbocycles. The summed E-state index contributed by atoms with van der Waals surface area (Å²) < 4.78 is 5.45. The van der Waals surface area contributed by atoms with Gasteiger partial charge in [0, 0.05) is 38.4 Å². The number of piperidine rings is 1. The number of carbonyl (C=O) groups excluding carboxylic acids is 1. The molecule has 4 rings (SSSR count). The van der Waals surface area contributed by atoms with E-state index in [-0.39, 0.29) is 6.03 Å². The average molecular weight is 394 g/mol. The summed E-state index contributed by atoms with van der Waals surface area (Å²) in [6, 6.07) is 16.4. The van der Waals surface area contributed by atoms with Gasteiger partial charge in [0.1, 0.15) is 5.75 Å². The lowest BCUT2D eigenvalue weighted by molar-refractivity contribution is 0.147. The van der Waals surface area contributed by atoms with E-state index in [1.54, 1.807) is 0 Å². The molecule has 2 aromatic carbocycles. The zero-order valence-corrected chi connectivity index (χ0v) is 17.3. The number of carbonyl (C=O) groups is 1. The van der Waals surface area contributed by atoms with Crippen LogP contribution in [0.4, 0.5) is 10.5 Å². The molecule has 1 fully saturated rings. The molecule has 2 heterocycles. The Bertz CT molecular complexity index is 813. The lowest BCUT2D eigenvalue weighted by atomic mass is 9.94. The first-order valence-electron chi connectivity index (χ1n) is 10.8. The van der Waals surface area contributed by atoms with Crippen LogP contribution in [0.3, 0.4) is 0 Å². The number of fused-ring (bicyclic) bond motifs is 1.